The van der Waals surface area contributed by atoms with Crippen molar-refractivity contribution in [3.8, 4) is 5.75 Å². The molecule has 5 nitrogen and oxygen atoms in total. The van der Waals surface area contributed by atoms with Crippen LogP contribution in [0.3, 0.4) is 0 Å². The molecule has 1 aromatic heterocycles. The second kappa shape index (κ2) is 9.05. The van der Waals surface area contributed by atoms with Crippen molar-refractivity contribution in [2.45, 2.75) is 12.2 Å². The van der Waals surface area contributed by atoms with Crippen molar-refractivity contribution >= 4 is 18.3 Å². The molecule has 2 heterocycles. The van der Waals surface area contributed by atoms with Gasteiger partial charge in [0.1, 0.15) is 5.75 Å². The predicted molar refractivity (Wildman–Crippen MR) is 96.1 cm³/mol. The Bertz CT molecular complexity index is 742. The summed E-state index contributed by atoms with van der Waals surface area (Å²) < 4.78 is 41.3. The number of amides is 1. The second-order valence-electron chi connectivity index (χ2n) is 5.93. The Kier molecular flexibility index (Phi) is 7.04. The van der Waals surface area contributed by atoms with Crippen molar-refractivity contribution in [1.82, 2.24) is 15.2 Å². The fraction of sp³-hybridized carbons (Fsp3) is 0.333. The summed E-state index contributed by atoms with van der Waals surface area (Å²) in [4.78, 5) is 18.7. The van der Waals surface area contributed by atoms with Gasteiger partial charge in [-0.15, -0.1) is 12.4 Å². The first-order valence-electron chi connectivity index (χ1n) is 8.15. The number of hydrogen-bond donors (Lipinski definition) is 1. The highest BCUT2D eigenvalue weighted by Crippen LogP contribution is 2.25. The van der Waals surface area contributed by atoms with E-state index in [9.17, 15) is 18.0 Å². The van der Waals surface area contributed by atoms with E-state index in [-0.39, 0.29) is 30.1 Å². The van der Waals surface area contributed by atoms with Gasteiger partial charge in [0.2, 0.25) is 0 Å². The standard InChI is InChI=1S/C18H18F3N3O2.ClH/c19-18(20,21)12-26-15-5-3-13(4-6-15)17(25)24-9-8-23-11-16(24)14-2-1-7-22-10-14;/h1-7,10,16,23H,8-9,11-12H2;1H. The van der Waals surface area contributed by atoms with E-state index in [1.54, 1.807) is 17.3 Å². The Balaban J connectivity index is 0.00000261. The van der Waals surface area contributed by atoms with Crippen molar-refractivity contribution < 1.29 is 22.7 Å². The normalized spacial score (nSPS) is 17.1. The van der Waals surface area contributed by atoms with Crippen molar-refractivity contribution in [3.05, 3.63) is 59.9 Å². The average Bonchev–Trinajstić information content (AvgIpc) is 2.66. The maximum Gasteiger partial charge on any atom is 0.422 e. The molecule has 0 aliphatic carbocycles. The zero-order chi connectivity index (χ0) is 18.6. The van der Waals surface area contributed by atoms with E-state index in [0.29, 0.717) is 25.2 Å². The average molecular weight is 402 g/mol. The number of carbonyl (C=O) groups excluding carboxylic acids is 1. The first-order chi connectivity index (χ1) is 12.4. The largest absolute Gasteiger partial charge is 0.484 e. The van der Waals surface area contributed by atoms with Crippen LogP contribution in [-0.4, -0.2) is 48.2 Å². The lowest BCUT2D eigenvalue weighted by molar-refractivity contribution is -0.153. The summed E-state index contributed by atoms with van der Waals surface area (Å²) in [5, 5.41) is 3.26. The number of hydrogen-bond acceptors (Lipinski definition) is 4. The molecule has 1 amide bonds. The summed E-state index contributed by atoms with van der Waals surface area (Å²) in [7, 11) is 0. The van der Waals surface area contributed by atoms with E-state index >= 15 is 0 Å². The molecule has 1 N–H and O–H groups in total. The maximum atomic E-state index is 12.9. The smallest absolute Gasteiger partial charge is 0.422 e. The lowest BCUT2D eigenvalue weighted by Gasteiger charge is -2.36. The number of nitrogens with one attached hydrogen (secondary N) is 1. The topological polar surface area (TPSA) is 54.5 Å². The van der Waals surface area contributed by atoms with E-state index in [0.717, 1.165) is 5.56 Å². The maximum absolute atomic E-state index is 12.9. The predicted octanol–water partition coefficient (Wildman–Crippen LogP) is 3.23. The van der Waals surface area contributed by atoms with E-state index in [1.165, 1.54) is 24.3 Å². The molecule has 1 saturated heterocycles. The van der Waals surface area contributed by atoms with Crippen LogP contribution in [0, 0.1) is 0 Å². The molecule has 2 aromatic rings. The van der Waals surface area contributed by atoms with E-state index < -0.39 is 12.8 Å². The molecule has 1 atom stereocenters. The molecule has 1 aliphatic rings. The number of ether oxygens (including phenoxy) is 1. The number of alkyl halides is 3. The van der Waals surface area contributed by atoms with Crippen molar-refractivity contribution in [2.24, 2.45) is 0 Å². The number of rotatable bonds is 4. The number of halogens is 4. The molecule has 1 aliphatic heterocycles. The summed E-state index contributed by atoms with van der Waals surface area (Å²) in [5.41, 5.74) is 1.33. The molecule has 0 radical (unpaired) electrons. The number of nitrogens with zero attached hydrogens (tertiary/aromatic N) is 2. The number of benzene rings is 1. The van der Waals surface area contributed by atoms with Crippen LogP contribution in [0.4, 0.5) is 13.2 Å². The molecule has 0 saturated carbocycles. The van der Waals surface area contributed by atoms with Gasteiger partial charge in [0, 0.05) is 37.6 Å². The van der Waals surface area contributed by atoms with Crippen molar-refractivity contribution in [1.29, 1.82) is 0 Å². The molecule has 3 rings (SSSR count). The summed E-state index contributed by atoms with van der Waals surface area (Å²) in [6.45, 7) is 0.464. The van der Waals surface area contributed by atoms with Crippen molar-refractivity contribution in [2.75, 3.05) is 26.2 Å². The minimum Gasteiger partial charge on any atom is -0.484 e. The lowest BCUT2D eigenvalue weighted by atomic mass is 10.0. The van der Waals surface area contributed by atoms with Gasteiger partial charge in [-0.1, -0.05) is 6.07 Å². The zero-order valence-corrected chi connectivity index (χ0v) is 15.1. The van der Waals surface area contributed by atoms with Crippen LogP contribution in [-0.2, 0) is 0 Å². The summed E-state index contributed by atoms with van der Waals surface area (Å²) in [6.07, 6.45) is -0.996. The molecule has 1 fully saturated rings. The second-order valence-corrected chi connectivity index (χ2v) is 5.93. The molecule has 9 heteroatoms. The van der Waals surface area contributed by atoms with Gasteiger partial charge in [0.05, 0.1) is 6.04 Å². The molecular formula is C18H19ClF3N3O2. The van der Waals surface area contributed by atoms with E-state index in [2.05, 4.69) is 15.0 Å². The molecule has 27 heavy (non-hydrogen) atoms. The van der Waals surface area contributed by atoms with Gasteiger partial charge in [-0.25, -0.2) is 0 Å². The van der Waals surface area contributed by atoms with Gasteiger partial charge in [0.25, 0.3) is 5.91 Å². The fourth-order valence-corrected chi connectivity index (χ4v) is 2.84. The first-order valence-corrected chi connectivity index (χ1v) is 8.15. The Labute approximate surface area is 160 Å². The molecule has 1 aromatic carbocycles. The Morgan fingerprint density at radius 2 is 2.00 bits per heavy atom. The van der Waals surface area contributed by atoms with Gasteiger partial charge in [-0.05, 0) is 35.9 Å². The monoisotopic (exact) mass is 401 g/mol. The Morgan fingerprint density at radius 1 is 1.26 bits per heavy atom. The van der Waals surface area contributed by atoms with Crippen LogP contribution < -0.4 is 10.1 Å². The SMILES string of the molecule is Cl.O=C(c1ccc(OCC(F)(F)F)cc1)N1CCNCC1c1cccnc1. The third-order valence-electron chi connectivity index (χ3n) is 4.08. The first kappa shape index (κ1) is 21.0. The fourth-order valence-electron chi connectivity index (χ4n) is 2.84. The molecular weight excluding hydrogens is 383 g/mol. The number of piperazine rings is 1. The number of carbonyl (C=O) groups is 1. The molecule has 1 unspecified atom stereocenters. The van der Waals surface area contributed by atoms with Gasteiger partial charge >= 0.3 is 6.18 Å². The quantitative estimate of drug-likeness (QED) is 0.854. The third-order valence-corrected chi connectivity index (χ3v) is 4.08. The minimum absolute atomic E-state index is 0. The molecule has 0 spiro atoms. The van der Waals surface area contributed by atoms with Crippen LogP contribution >= 0.6 is 12.4 Å². The lowest BCUT2D eigenvalue weighted by Crippen LogP contribution is -2.48. The highest BCUT2D eigenvalue weighted by Gasteiger charge is 2.30. The Hall–Kier alpha value is -2.32. The van der Waals surface area contributed by atoms with E-state index in [1.807, 2.05) is 12.1 Å². The van der Waals surface area contributed by atoms with Gasteiger partial charge < -0.3 is 15.0 Å². The molecule has 0 bridgehead atoms. The van der Waals surface area contributed by atoms with Gasteiger partial charge in [-0.2, -0.15) is 13.2 Å². The summed E-state index contributed by atoms with van der Waals surface area (Å²) in [6, 6.07) is 9.30. The van der Waals surface area contributed by atoms with Crippen LogP contribution in [0.2, 0.25) is 0 Å². The van der Waals surface area contributed by atoms with Crippen LogP contribution in [0.1, 0.15) is 22.0 Å². The highest BCUT2D eigenvalue weighted by atomic mass is 35.5. The third kappa shape index (κ3) is 5.58. The highest BCUT2D eigenvalue weighted by molar-refractivity contribution is 5.94. The van der Waals surface area contributed by atoms with Gasteiger partial charge in [-0.3, -0.25) is 9.78 Å². The van der Waals surface area contributed by atoms with Crippen molar-refractivity contribution in [3.63, 3.8) is 0 Å². The summed E-state index contributed by atoms with van der Waals surface area (Å²) in [5.74, 6) is -0.106. The number of aromatic nitrogens is 1. The van der Waals surface area contributed by atoms with Crippen LogP contribution in [0.15, 0.2) is 48.8 Å². The van der Waals surface area contributed by atoms with Gasteiger partial charge in [0.15, 0.2) is 6.61 Å². The van der Waals surface area contributed by atoms with E-state index in [4.69, 9.17) is 0 Å². The zero-order valence-electron chi connectivity index (χ0n) is 14.3. The van der Waals surface area contributed by atoms with Crippen LogP contribution in [0.5, 0.6) is 5.75 Å². The minimum atomic E-state index is -4.40. The van der Waals surface area contributed by atoms with Crippen LogP contribution in [0.25, 0.3) is 0 Å². The number of pyridine rings is 1. The Morgan fingerprint density at radius 3 is 2.63 bits per heavy atom. The summed E-state index contributed by atoms with van der Waals surface area (Å²) >= 11 is 0. The molecule has 146 valence electrons.